The molecular formula is C22H22O. The van der Waals surface area contributed by atoms with Crippen LogP contribution >= 0.6 is 0 Å². The normalized spacial score (nSPS) is 10.8. The molecule has 1 N–H and O–H groups in total. The topological polar surface area (TPSA) is 20.2 Å². The van der Waals surface area contributed by atoms with Crippen LogP contribution in [0.1, 0.15) is 22.3 Å². The van der Waals surface area contributed by atoms with Gasteiger partial charge in [0.15, 0.2) is 0 Å². The highest BCUT2D eigenvalue weighted by atomic mass is 16.3. The first-order valence-electron chi connectivity index (χ1n) is 7.94. The van der Waals surface area contributed by atoms with E-state index in [1.807, 2.05) is 6.07 Å². The van der Waals surface area contributed by atoms with E-state index >= 15 is 0 Å². The van der Waals surface area contributed by atoms with Crippen LogP contribution in [0.3, 0.4) is 0 Å². The number of aryl methyl sites for hydroxylation is 4. The Bertz CT molecular complexity index is 875. The van der Waals surface area contributed by atoms with E-state index in [0.717, 1.165) is 16.7 Å². The lowest BCUT2D eigenvalue weighted by atomic mass is 9.95. The van der Waals surface area contributed by atoms with Gasteiger partial charge in [-0.25, -0.2) is 0 Å². The van der Waals surface area contributed by atoms with Crippen LogP contribution in [-0.2, 0) is 0 Å². The van der Waals surface area contributed by atoms with Gasteiger partial charge in [0.05, 0.1) is 0 Å². The lowest BCUT2D eigenvalue weighted by Crippen LogP contribution is -1.87. The SMILES string of the molecule is Cc1ccc(-c2ccc(O)c(-c3ccc(C)c(C)c3)c2)cc1C. The van der Waals surface area contributed by atoms with Crippen LogP contribution in [0.5, 0.6) is 5.75 Å². The Morgan fingerprint density at radius 2 is 1.00 bits per heavy atom. The standard InChI is InChI=1S/C22H22O/c1-14-5-7-18(11-16(14)3)19-9-10-22(23)21(13-19)20-8-6-15(2)17(4)12-20/h5-13,23H,1-4H3. The maximum atomic E-state index is 10.3. The van der Waals surface area contributed by atoms with Crippen LogP contribution in [-0.4, -0.2) is 5.11 Å². The van der Waals surface area contributed by atoms with Crippen LogP contribution in [0, 0.1) is 27.7 Å². The summed E-state index contributed by atoms with van der Waals surface area (Å²) in [6.45, 7) is 8.45. The molecule has 0 radical (unpaired) electrons. The predicted octanol–water partition coefficient (Wildman–Crippen LogP) is 5.96. The summed E-state index contributed by atoms with van der Waals surface area (Å²) in [6.07, 6.45) is 0. The summed E-state index contributed by atoms with van der Waals surface area (Å²) in [5.74, 6) is 0.320. The lowest BCUT2D eigenvalue weighted by Gasteiger charge is -2.11. The van der Waals surface area contributed by atoms with Crippen LogP contribution in [0.2, 0.25) is 0 Å². The zero-order chi connectivity index (χ0) is 16.6. The van der Waals surface area contributed by atoms with Crippen molar-refractivity contribution in [3.8, 4) is 28.0 Å². The number of hydrogen-bond acceptors (Lipinski definition) is 1. The van der Waals surface area contributed by atoms with Gasteiger partial charge in [0.2, 0.25) is 0 Å². The molecule has 3 aromatic carbocycles. The Morgan fingerprint density at radius 3 is 1.61 bits per heavy atom. The van der Waals surface area contributed by atoms with E-state index in [2.05, 4.69) is 70.2 Å². The molecule has 0 heterocycles. The van der Waals surface area contributed by atoms with Gasteiger partial charge < -0.3 is 5.11 Å². The van der Waals surface area contributed by atoms with Crippen molar-refractivity contribution in [2.45, 2.75) is 27.7 Å². The van der Waals surface area contributed by atoms with Crippen LogP contribution in [0.15, 0.2) is 54.6 Å². The number of aromatic hydroxyl groups is 1. The smallest absolute Gasteiger partial charge is 0.123 e. The fourth-order valence-corrected chi connectivity index (χ4v) is 2.78. The van der Waals surface area contributed by atoms with Gasteiger partial charge in [-0.05, 0) is 78.8 Å². The second-order valence-corrected chi connectivity index (χ2v) is 6.33. The number of phenols is 1. The van der Waals surface area contributed by atoms with Gasteiger partial charge in [-0.1, -0.05) is 42.5 Å². The summed E-state index contributed by atoms with van der Waals surface area (Å²) in [4.78, 5) is 0. The van der Waals surface area contributed by atoms with Crippen molar-refractivity contribution in [3.05, 3.63) is 76.9 Å². The van der Waals surface area contributed by atoms with Gasteiger partial charge in [0, 0.05) is 5.56 Å². The summed E-state index contributed by atoms with van der Waals surface area (Å²) in [6, 6.07) is 18.6. The summed E-state index contributed by atoms with van der Waals surface area (Å²) in [5.41, 5.74) is 9.31. The van der Waals surface area contributed by atoms with Crippen molar-refractivity contribution in [1.82, 2.24) is 0 Å². The lowest BCUT2D eigenvalue weighted by molar-refractivity contribution is 0.477. The van der Waals surface area contributed by atoms with Gasteiger partial charge in [-0.2, -0.15) is 0 Å². The van der Waals surface area contributed by atoms with Crippen molar-refractivity contribution in [3.63, 3.8) is 0 Å². The maximum absolute atomic E-state index is 10.3. The first-order chi connectivity index (χ1) is 11.0. The number of benzene rings is 3. The van der Waals surface area contributed by atoms with Gasteiger partial charge in [-0.3, -0.25) is 0 Å². The summed E-state index contributed by atoms with van der Waals surface area (Å²) < 4.78 is 0. The first kappa shape index (κ1) is 15.4. The fraction of sp³-hybridized carbons (Fsp3) is 0.182. The molecule has 0 unspecified atom stereocenters. The zero-order valence-corrected chi connectivity index (χ0v) is 14.1. The summed E-state index contributed by atoms with van der Waals surface area (Å²) >= 11 is 0. The molecule has 3 rings (SSSR count). The molecule has 0 amide bonds. The Morgan fingerprint density at radius 1 is 0.522 bits per heavy atom. The minimum absolute atomic E-state index is 0.320. The van der Waals surface area contributed by atoms with E-state index < -0.39 is 0 Å². The minimum atomic E-state index is 0.320. The van der Waals surface area contributed by atoms with E-state index in [0.29, 0.717) is 5.75 Å². The van der Waals surface area contributed by atoms with E-state index in [-0.39, 0.29) is 0 Å². The number of rotatable bonds is 2. The predicted molar refractivity (Wildman–Crippen MR) is 97.9 cm³/mol. The summed E-state index contributed by atoms with van der Waals surface area (Å²) in [7, 11) is 0. The third-order valence-corrected chi connectivity index (χ3v) is 4.65. The average molecular weight is 302 g/mol. The number of phenolic OH excluding ortho intramolecular Hbond substituents is 1. The molecule has 0 fully saturated rings. The highest BCUT2D eigenvalue weighted by Crippen LogP contribution is 2.34. The Labute approximate surface area is 138 Å². The summed E-state index contributed by atoms with van der Waals surface area (Å²) in [5, 5.41) is 10.3. The maximum Gasteiger partial charge on any atom is 0.123 e. The van der Waals surface area contributed by atoms with E-state index in [9.17, 15) is 5.11 Å². The molecule has 0 atom stereocenters. The largest absolute Gasteiger partial charge is 0.507 e. The molecule has 1 nitrogen and oxygen atoms in total. The van der Waals surface area contributed by atoms with Gasteiger partial charge in [0.1, 0.15) is 5.75 Å². The Hall–Kier alpha value is -2.54. The third kappa shape index (κ3) is 3.00. The molecule has 23 heavy (non-hydrogen) atoms. The van der Waals surface area contributed by atoms with E-state index in [1.54, 1.807) is 6.07 Å². The van der Waals surface area contributed by atoms with Crippen LogP contribution in [0.25, 0.3) is 22.3 Å². The molecule has 0 aliphatic heterocycles. The molecule has 0 saturated carbocycles. The monoisotopic (exact) mass is 302 g/mol. The molecule has 0 spiro atoms. The van der Waals surface area contributed by atoms with Crippen molar-refractivity contribution in [2.75, 3.05) is 0 Å². The van der Waals surface area contributed by atoms with Gasteiger partial charge >= 0.3 is 0 Å². The number of hydrogen-bond donors (Lipinski definition) is 1. The highest BCUT2D eigenvalue weighted by molar-refractivity contribution is 5.78. The quantitative estimate of drug-likeness (QED) is 0.619. The van der Waals surface area contributed by atoms with E-state index in [1.165, 1.54) is 27.8 Å². The molecule has 116 valence electrons. The molecule has 0 aliphatic rings. The van der Waals surface area contributed by atoms with E-state index in [4.69, 9.17) is 0 Å². The average Bonchev–Trinajstić information content (AvgIpc) is 2.53. The van der Waals surface area contributed by atoms with Gasteiger partial charge in [-0.15, -0.1) is 0 Å². The third-order valence-electron chi connectivity index (χ3n) is 4.65. The Kier molecular flexibility index (Phi) is 3.96. The van der Waals surface area contributed by atoms with Crippen molar-refractivity contribution >= 4 is 0 Å². The minimum Gasteiger partial charge on any atom is -0.507 e. The Balaban J connectivity index is 2.11. The van der Waals surface area contributed by atoms with Crippen molar-refractivity contribution in [1.29, 1.82) is 0 Å². The highest BCUT2D eigenvalue weighted by Gasteiger charge is 2.08. The molecule has 0 aromatic heterocycles. The molecule has 0 aliphatic carbocycles. The fourth-order valence-electron chi connectivity index (χ4n) is 2.78. The molecule has 0 bridgehead atoms. The second kappa shape index (κ2) is 5.92. The molecule has 1 heteroatoms. The molecule has 0 saturated heterocycles. The van der Waals surface area contributed by atoms with Crippen LogP contribution in [0.4, 0.5) is 0 Å². The van der Waals surface area contributed by atoms with Crippen molar-refractivity contribution < 1.29 is 5.11 Å². The zero-order valence-electron chi connectivity index (χ0n) is 14.1. The second-order valence-electron chi connectivity index (χ2n) is 6.33. The first-order valence-corrected chi connectivity index (χ1v) is 7.94. The van der Waals surface area contributed by atoms with Crippen molar-refractivity contribution in [2.24, 2.45) is 0 Å². The molecular weight excluding hydrogens is 280 g/mol. The van der Waals surface area contributed by atoms with Gasteiger partial charge in [0.25, 0.3) is 0 Å². The molecule has 3 aromatic rings. The van der Waals surface area contributed by atoms with Crippen LogP contribution < -0.4 is 0 Å².